The molecule has 0 aromatic rings. The SMILES string of the molecule is CCNC1CCC(O)(C2CCOC3(CCC3)C2)CC1. The third kappa shape index (κ3) is 2.70. The van der Waals surface area contributed by atoms with Crippen molar-refractivity contribution in [2.75, 3.05) is 13.2 Å². The summed E-state index contributed by atoms with van der Waals surface area (Å²) >= 11 is 0. The molecular formula is C16H29NO2. The van der Waals surface area contributed by atoms with Crippen LogP contribution in [0.3, 0.4) is 0 Å². The van der Waals surface area contributed by atoms with Crippen molar-refractivity contribution < 1.29 is 9.84 Å². The normalized spacial score (nSPS) is 42.0. The van der Waals surface area contributed by atoms with E-state index in [4.69, 9.17) is 4.74 Å². The zero-order valence-electron chi connectivity index (χ0n) is 12.3. The van der Waals surface area contributed by atoms with Gasteiger partial charge in [-0.15, -0.1) is 0 Å². The van der Waals surface area contributed by atoms with Crippen LogP contribution in [0, 0.1) is 5.92 Å². The zero-order chi connectivity index (χ0) is 13.3. The molecule has 3 heteroatoms. The molecule has 0 bridgehead atoms. The van der Waals surface area contributed by atoms with Crippen molar-refractivity contribution in [1.29, 1.82) is 0 Å². The molecule has 1 unspecified atom stereocenters. The van der Waals surface area contributed by atoms with E-state index in [-0.39, 0.29) is 5.60 Å². The fourth-order valence-electron chi connectivity index (χ4n) is 4.42. The molecule has 3 fully saturated rings. The Labute approximate surface area is 117 Å². The molecule has 2 saturated carbocycles. The zero-order valence-corrected chi connectivity index (χ0v) is 12.3. The highest BCUT2D eigenvalue weighted by Gasteiger charge is 2.49. The molecule has 0 radical (unpaired) electrons. The highest BCUT2D eigenvalue weighted by atomic mass is 16.5. The highest BCUT2D eigenvalue weighted by Crippen LogP contribution is 2.49. The summed E-state index contributed by atoms with van der Waals surface area (Å²) in [7, 11) is 0. The Balaban J connectivity index is 1.58. The second kappa shape index (κ2) is 5.34. The minimum atomic E-state index is -0.404. The van der Waals surface area contributed by atoms with Crippen LogP contribution in [0.2, 0.25) is 0 Å². The molecule has 1 atom stereocenters. The van der Waals surface area contributed by atoms with Gasteiger partial charge in [0.2, 0.25) is 0 Å². The molecule has 0 aromatic carbocycles. The lowest BCUT2D eigenvalue weighted by Gasteiger charge is -2.52. The van der Waals surface area contributed by atoms with E-state index in [2.05, 4.69) is 12.2 Å². The number of ether oxygens (including phenoxy) is 1. The van der Waals surface area contributed by atoms with E-state index in [1.54, 1.807) is 0 Å². The maximum Gasteiger partial charge on any atom is 0.0686 e. The van der Waals surface area contributed by atoms with Crippen molar-refractivity contribution in [3.8, 4) is 0 Å². The molecule has 110 valence electrons. The van der Waals surface area contributed by atoms with Crippen molar-refractivity contribution in [1.82, 2.24) is 5.32 Å². The van der Waals surface area contributed by atoms with Gasteiger partial charge < -0.3 is 15.2 Å². The van der Waals surface area contributed by atoms with Crippen LogP contribution in [0.5, 0.6) is 0 Å². The molecule has 3 rings (SSSR count). The first kappa shape index (κ1) is 13.8. The van der Waals surface area contributed by atoms with Gasteiger partial charge in [-0.05, 0) is 70.3 Å². The number of hydrogen-bond donors (Lipinski definition) is 2. The summed E-state index contributed by atoms with van der Waals surface area (Å²) in [4.78, 5) is 0. The average molecular weight is 267 g/mol. The molecule has 1 saturated heterocycles. The average Bonchev–Trinajstić information content (AvgIpc) is 2.40. The van der Waals surface area contributed by atoms with Crippen LogP contribution in [-0.4, -0.2) is 35.5 Å². The minimum Gasteiger partial charge on any atom is -0.390 e. The van der Waals surface area contributed by atoms with Gasteiger partial charge in [0.1, 0.15) is 0 Å². The van der Waals surface area contributed by atoms with Crippen molar-refractivity contribution in [3.63, 3.8) is 0 Å². The largest absolute Gasteiger partial charge is 0.390 e. The summed E-state index contributed by atoms with van der Waals surface area (Å²) < 4.78 is 6.00. The molecule has 19 heavy (non-hydrogen) atoms. The van der Waals surface area contributed by atoms with Gasteiger partial charge in [-0.1, -0.05) is 6.92 Å². The van der Waals surface area contributed by atoms with Crippen molar-refractivity contribution in [3.05, 3.63) is 0 Å². The van der Waals surface area contributed by atoms with Crippen LogP contribution in [0.15, 0.2) is 0 Å². The van der Waals surface area contributed by atoms with Gasteiger partial charge in [0.05, 0.1) is 11.2 Å². The summed E-state index contributed by atoms with van der Waals surface area (Å²) in [5.41, 5.74) is -0.241. The molecule has 1 aliphatic heterocycles. The second-order valence-corrected chi connectivity index (χ2v) is 7.01. The van der Waals surface area contributed by atoms with Crippen molar-refractivity contribution >= 4 is 0 Å². The first-order valence-corrected chi connectivity index (χ1v) is 8.26. The van der Waals surface area contributed by atoms with E-state index in [1.165, 1.54) is 19.3 Å². The Morgan fingerprint density at radius 2 is 1.89 bits per heavy atom. The molecule has 1 spiro atoms. The van der Waals surface area contributed by atoms with Gasteiger partial charge in [-0.3, -0.25) is 0 Å². The number of hydrogen-bond acceptors (Lipinski definition) is 3. The van der Waals surface area contributed by atoms with Crippen molar-refractivity contribution in [2.45, 2.75) is 82.0 Å². The monoisotopic (exact) mass is 267 g/mol. The van der Waals surface area contributed by atoms with Crippen LogP contribution >= 0.6 is 0 Å². The molecule has 2 aliphatic carbocycles. The minimum absolute atomic E-state index is 0.164. The predicted molar refractivity (Wildman–Crippen MR) is 76.1 cm³/mol. The van der Waals surface area contributed by atoms with Crippen LogP contribution in [0.4, 0.5) is 0 Å². The maximum absolute atomic E-state index is 11.1. The molecule has 0 amide bonds. The van der Waals surface area contributed by atoms with Crippen LogP contribution in [0.1, 0.15) is 64.7 Å². The molecule has 3 aliphatic rings. The van der Waals surface area contributed by atoms with E-state index in [9.17, 15) is 5.11 Å². The van der Waals surface area contributed by atoms with Crippen LogP contribution < -0.4 is 5.32 Å². The maximum atomic E-state index is 11.1. The molecular weight excluding hydrogens is 238 g/mol. The van der Waals surface area contributed by atoms with E-state index in [1.807, 2.05) is 0 Å². The van der Waals surface area contributed by atoms with Crippen molar-refractivity contribution in [2.24, 2.45) is 5.92 Å². The Morgan fingerprint density at radius 1 is 1.16 bits per heavy atom. The number of aliphatic hydroxyl groups is 1. The Morgan fingerprint density at radius 3 is 2.47 bits per heavy atom. The quantitative estimate of drug-likeness (QED) is 0.826. The second-order valence-electron chi connectivity index (χ2n) is 7.01. The van der Waals surface area contributed by atoms with E-state index >= 15 is 0 Å². The first-order chi connectivity index (χ1) is 9.16. The molecule has 1 heterocycles. The van der Waals surface area contributed by atoms with E-state index in [0.717, 1.165) is 51.7 Å². The van der Waals surface area contributed by atoms with E-state index < -0.39 is 5.60 Å². The van der Waals surface area contributed by atoms with Gasteiger partial charge in [-0.25, -0.2) is 0 Å². The summed E-state index contributed by atoms with van der Waals surface area (Å²) in [5.74, 6) is 0.476. The van der Waals surface area contributed by atoms with Crippen LogP contribution in [-0.2, 0) is 4.74 Å². The van der Waals surface area contributed by atoms with Gasteiger partial charge in [0.25, 0.3) is 0 Å². The van der Waals surface area contributed by atoms with E-state index in [0.29, 0.717) is 12.0 Å². The molecule has 3 nitrogen and oxygen atoms in total. The molecule has 2 N–H and O–H groups in total. The summed E-state index contributed by atoms with van der Waals surface area (Å²) in [6, 6.07) is 0.628. The smallest absolute Gasteiger partial charge is 0.0686 e. The lowest BCUT2D eigenvalue weighted by atomic mass is 9.64. The number of rotatable bonds is 3. The Hall–Kier alpha value is -0.120. The van der Waals surface area contributed by atoms with Gasteiger partial charge in [0.15, 0.2) is 0 Å². The summed E-state index contributed by atoms with van der Waals surface area (Å²) in [6.45, 7) is 4.08. The fraction of sp³-hybridized carbons (Fsp3) is 1.00. The third-order valence-electron chi connectivity index (χ3n) is 5.86. The standard InChI is InChI=1S/C16H29NO2/c1-2-17-14-4-9-16(18,10-5-14)13-6-11-19-15(12-13)7-3-8-15/h13-14,17-18H,2-12H2,1H3. The summed E-state index contributed by atoms with van der Waals surface area (Å²) in [6.07, 6.45) is 10.1. The van der Waals surface area contributed by atoms with Gasteiger partial charge in [0, 0.05) is 12.6 Å². The first-order valence-electron chi connectivity index (χ1n) is 8.26. The predicted octanol–water partition coefficient (Wildman–Crippen LogP) is 2.62. The number of nitrogens with one attached hydrogen (secondary N) is 1. The van der Waals surface area contributed by atoms with Gasteiger partial charge in [-0.2, -0.15) is 0 Å². The fourth-order valence-corrected chi connectivity index (χ4v) is 4.42. The Kier molecular flexibility index (Phi) is 3.89. The van der Waals surface area contributed by atoms with Gasteiger partial charge >= 0.3 is 0 Å². The third-order valence-corrected chi connectivity index (χ3v) is 5.86. The lowest BCUT2D eigenvalue weighted by Crippen LogP contribution is -2.53. The topological polar surface area (TPSA) is 41.5 Å². The highest BCUT2D eigenvalue weighted by molar-refractivity contribution is 5.01. The van der Waals surface area contributed by atoms with Crippen LogP contribution in [0.25, 0.3) is 0 Å². The lowest BCUT2D eigenvalue weighted by molar-refractivity contribution is -0.181. The molecule has 0 aromatic heterocycles. The summed E-state index contributed by atoms with van der Waals surface area (Å²) in [5, 5.41) is 14.6. The Bertz CT molecular complexity index is 306.